The standard InChI is InChI=1S/C19H24N4O5/c1-19(2)17(26)23(18(27)21-19)11-16(25)28-12-15(24)20-13-5-7-14(8-6-13)22-9-3-4-10-22/h5-8H,3-4,9-12H2,1-2H3,(H,20,24)(H,21,27). The van der Waals surface area contributed by atoms with E-state index in [1.54, 1.807) is 26.0 Å². The third kappa shape index (κ3) is 4.41. The first-order valence-electron chi connectivity index (χ1n) is 9.21. The van der Waals surface area contributed by atoms with E-state index >= 15 is 0 Å². The molecule has 2 aliphatic rings. The van der Waals surface area contributed by atoms with Crippen LogP contribution in [0.2, 0.25) is 0 Å². The number of anilines is 2. The Morgan fingerprint density at radius 3 is 2.36 bits per heavy atom. The van der Waals surface area contributed by atoms with Crippen molar-refractivity contribution in [2.75, 3.05) is 36.5 Å². The second-order valence-corrected chi connectivity index (χ2v) is 7.40. The van der Waals surface area contributed by atoms with E-state index in [9.17, 15) is 19.2 Å². The van der Waals surface area contributed by atoms with E-state index in [2.05, 4.69) is 15.5 Å². The van der Waals surface area contributed by atoms with Crippen LogP contribution < -0.4 is 15.5 Å². The summed E-state index contributed by atoms with van der Waals surface area (Å²) >= 11 is 0. The molecule has 150 valence electrons. The van der Waals surface area contributed by atoms with Crippen LogP contribution in [0, 0.1) is 0 Å². The van der Waals surface area contributed by atoms with Crippen molar-refractivity contribution in [3.05, 3.63) is 24.3 Å². The first-order valence-corrected chi connectivity index (χ1v) is 9.21. The number of nitrogens with zero attached hydrogens (tertiary/aromatic N) is 2. The summed E-state index contributed by atoms with van der Waals surface area (Å²) in [5.74, 6) is -1.85. The van der Waals surface area contributed by atoms with Crippen molar-refractivity contribution < 1.29 is 23.9 Å². The largest absolute Gasteiger partial charge is 0.454 e. The average Bonchev–Trinajstić information content (AvgIpc) is 3.24. The molecule has 9 nitrogen and oxygen atoms in total. The van der Waals surface area contributed by atoms with Crippen LogP contribution >= 0.6 is 0 Å². The molecule has 0 aromatic heterocycles. The summed E-state index contributed by atoms with van der Waals surface area (Å²) in [6.07, 6.45) is 2.37. The Labute approximate surface area is 163 Å². The average molecular weight is 388 g/mol. The summed E-state index contributed by atoms with van der Waals surface area (Å²) in [6.45, 7) is 4.13. The highest BCUT2D eigenvalue weighted by molar-refractivity contribution is 6.08. The van der Waals surface area contributed by atoms with Gasteiger partial charge in [0.1, 0.15) is 12.1 Å². The smallest absolute Gasteiger partial charge is 0.326 e. The molecule has 1 aromatic rings. The molecule has 0 spiro atoms. The summed E-state index contributed by atoms with van der Waals surface area (Å²) < 4.78 is 4.87. The minimum absolute atomic E-state index is 0.500. The number of ether oxygens (including phenoxy) is 1. The Bertz CT molecular complexity index is 784. The minimum Gasteiger partial charge on any atom is -0.454 e. The number of imide groups is 1. The Hall–Kier alpha value is -3.10. The molecule has 1 aromatic carbocycles. The zero-order valence-corrected chi connectivity index (χ0v) is 16.0. The second-order valence-electron chi connectivity index (χ2n) is 7.40. The van der Waals surface area contributed by atoms with Crippen molar-refractivity contribution in [2.24, 2.45) is 0 Å². The van der Waals surface area contributed by atoms with Gasteiger partial charge in [-0.3, -0.25) is 19.3 Å². The van der Waals surface area contributed by atoms with Crippen molar-refractivity contribution in [1.82, 2.24) is 10.2 Å². The highest BCUT2D eigenvalue weighted by Gasteiger charge is 2.45. The Balaban J connectivity index is 1.44. The van der Waals surface area contributed by atoms with Gasteiger partial charge < -0.3 is 20.3 Å². The fourth-order valence-corrected chi connectivity index (χ4v) is 3.21. The van der Waals surface area contributed by atoms with Gasteiger partial charge in [-0.15, -0.1) is 0 Å². The van der Waals surface area contributed by atoms with Gasteiger partial charge in [0, 0.05) is 24.5 Å². The van der Waals surface area contributed by atoms with Crippen LogP contribution in [0.5, 0.6) is 0 Å². The number of esters is 1. The Morgan fingerprint density at radius 1 is 1.14 bits per heavy atom. The Morgan fingerprint density at radius 2 is 1.79 bits per heavy atom. The van der Waals surface area contributed by atoms with Crippen LogP contribution in [0.25, 0.3) is 0 Å². The summed E-state index contributed by atoms with van der Waals surface area (Å²) in [6, 6.07) is 6.80. The molecular formula is C19H24N4O5. The van der Waals surface area contributed by atoms with Crippen molar-refractivity contribution in [3.8, 4) is 0 Å². The van der Waals surface area contributed by atoms with E-state index in [0.29, 0.717) is 5.69 Å². The highest BCUT2D eigenvalue weighted by Crippen LogP contribution is 2.22. The lowest BCUT2D eigenvalue weighted by Gasteiger charge is -2.17. The van der Waals surface area contributed by atoms with E-state index in [1.807, 2.05) is 12.1 Å². The van der Waals surface area contributed by atoms with Gasteiger partial charge in [-0.1, -0.05) is 0 Å². The topological polar surface area (TPSA) is 108 Å². The zero-order valence-electron chi connectivity index (χ0n) is 16.0. The van der Waals surface area contributed by atoms with E-state index < -0.39 is 42.5 Å². The van der Waals surface area contributed by atoms with E-state index in [0.717, 1.165) is 23.7 Å². The summed E-state index contributed by atoms with van der Waals surface area (Å²) in [5.41, 5.74) is 0.647. The lowest BCUT2D eigenvalue weighted by molar-refractivity contribution is -0.150. The number of carbonyl (C=O) groups is 4. The summed E-state index contributed by atoms with van der Waals surface area (Å²) in [4.78, 5) is 50.7. The van der Waals surface area contributed by atoms with Crippen LogP contribution in [0.1, 0.15) is 26.7 Å². The lowest BCUT2D eigenvalue weighted by atomic mass is 10.1. The molecule has 0 unspecified atom stereocenters. The SMILES string of the molecule is CC1(C)NC(=O)N(CC(=O)OCC(=O)Nc2ccc(N3CCCC3)cc2)C1=O. The van der Waals surface area contributed by atoms with E-state index in [4.69, 9.17) is 4.74 Å². The molecule has 28 heavy (non-hydrogen) atoms. The summed E-state index contributed by atoms with van der Waals surface area (Å²) in [5, 5.41) is 5.11. The molecule has 4 amide bonds. The molecule has 2 saturated heterocycles. The minimum atomic E-state index is -1.06. The molecule has 0 atom stereocenters. The van der Waals surface area contributed by atoms with Crippen molar-refractivity contribution in [3.63, 3.8) is 0 Å². The maximum absolute atomic E-state index is 12.0. The van der Waals surface area contributed by atoms with Crippen LogP contribution in [0.15, 0.2) is 24.3 Å². The fourth-order valence-electron chi connectivity index (χ4n) is 3.21. The molecule has 0 saturated carbocycles. The highest BCUT2D eigenvalue weighted by atomic mass is 16.5. The molecule has 2 N–H and O–H groups in total. The normalized spacial score (nSPS) is 18.2. The van der Waals surface area contributed by atoms with Gasteiger partial charge in [0.15, 0.2) is 6.61 Å². The maximum atomic E-state index is 12.0. The zero-order chi connectivity index (χ0) is 20.3. The number of nitrogens with one attached hydrogen (secondary N) is 2. The van der Waals surface area contributed by atoms with Gasteiger partial charge in [0.05, 0.1) is 0 Å². The molecule has 0 aliphatic carbocycles. The molecule has 0 bridgehead atoms. The fraction of sp³-hybridized carbons (Fsp3) is 0.474. The molecular weight excluding hydrogens is 364 g/mol. The van der Waals surface area contributed by atoms with Gasteiger partial charge in [0.2, 0.25) is 0 Å². The van der Waals surface area contributed by atoms with Gasteiger partial charge in [-0.25, -0.2) is 4.79 Å². The predicted molar refractivity (Wildman–Crippen MR) is 102 cm³/mol. The van der Waals surface area contributed by atoms with Crippen molar-refractivity contribution in [2.45, 2.75) is 32.2 Å². The van der Waals surface area contributed by atoms with Crippen LogP contribution in [-0.4, -0.2) is 60.5 Å². The van der Waals surface area contributed by atoms with Crippen molar-refractivity contribution in [1.29, 1.82) is 0 Å². The van der Waals surface area contributed by atoms with Gasteiger partial charge in [0.25, 0.3) is 11.8 Å². The maximum Gasteiger partial charge on any atom is 0.326 e. The molecule has 2 fully saturated rings. The Kier molecular flexibility index (Phi) is 5.53. The van der Waals surface area contributed by atoms with Crippen LogP contribution in [-0.2, 0) is 19.1 Å². The number of hydrogen-bond donors (Lipinski definition) is 2. The number of urea groups is 1. The van der Waals surface area contributed by atoms with E-state index in [-0.39, 0.29) is 0 Å². The molecule has 0 radical (unpaired) electrons. The van der Waals surface area contributed by atoms with Crippen LogP contribution in [0.3, 0.4) is 0 Å². The first-order chi connectivity index (χ1) is 13.3. The first kappa shape index (κ1) is 19.7. The number of carbonyl (C=O) groups excluding carboxylic acids is 4. The lowest BCUT2D eigenvalue weighted by Crippen LogP contribution is -2.41. The van der Waals surface area contributed by atoms with Gasteiger partial charge in [-0.05, 0) is 51.0 Å². The van der Waals surface area contributed by atoms with Gasteiger partial charge >= 0.3 is 12.0 Å². The van der Waals surface area contributed by atoms with E-state index in [1.165, 1.54) is 12.8 Å². The molecule has 2 aliphatic heterocycles. The third-order valence-corrected chi connectivity index (χ3v) is 4.72. The number of rotatable bonds is 6. The quantitative estimate of drug-likeness (QED) is 0.558. The molecule has 9 heteroatoms. The third-order valence-electron chi connectivity index (χ3n) is 4.72. The molecule has 2 heterocycles. The molecule has 3 rings (SSSR count). The van der Waals surface area contributed by atoms with Gasteiger partial charge in [-0.2, -0.15) is 0 Å². The number of benzene rings is 1. The monoisotopic (exact) mass is 388 g/mol. The predicted octanol–water partition coefficient (Wildman–Crippen LogP) is 1.10. The van der Waals surface area contributed by atoms with Crippen LogP contribution in [0.4, 0.5) is 16.2 Å². The van der Waals surface area contributed by atoms with Crippen molar-refractivity contribution >= 4 is 35.2 Å². The summed E-state index contributed by atoms with van der Waals surface area (Å²) in [7, 11) is 0. The number of hydrogen-bond acceptors (Lipinski definition) is 6. The second kappa shape index (κ2) is 7.87. The number of amides is 4.